The van der Waals surface area contributed by atoms with Gasteiger partial charge in [-0.2, -0.15) is 0 Å². The van der Waals surface area contributed by atoms with Gasteiger partial charge in [-0.1, -0.05) is 25.9 Å². The summed E-state index contributed by atoms with van der Waals surface area (Å²) in [7, 11) is 5.18. The Kier molecular flexibility index (Phi) is 14.5. The largest absolute Gasteiger partial charge is 0.459 e. The maximum Gasteiger partial charge on any atom is 0.311 e. The molecule has 0 spiro atoms. The number of aliphatic hydroxyl groups is 5. The van der Waals surface area contributed by atoms with Gasteiger partial charge in [0.15, 0.2) is 12.6 Å². The van der Waals surface area contributed by atoms with Gasteiger partial charge >= 0.3 is 5.97 Å². The number of cyclic esters (lactones) is 1. The Hall–Kier alpha value is -1.50. The zero-order valence-electron chi connectivity index (χ0n) is 32.7. The summed E-state index contributed by atoms with van der Waals surface area (Å²) in [4.78, 5) is 15.9. The Labute approximate surface area is 303 Å². The van der Waals surface area contributed by atoms with Crippen molar-refractivity contribution in [2.75, 3.05) is 21.2 Å². The second-order valence-electron chi connectivity index (χ2n) is 16.3. The predicted octanol–water partition coefficient (Wildman–Crippen LogP) is 1.66. The van der Waals surface area contributed by atoms with Crippen molar-refractivity contribution >= 4 is 11.7 Å². The molecule has 3 aliphatic rings. The highest BCUT2D eigenvalue weighted by atomic mass is 16.7. The second kappa shape index (κ2) is 16.9. The summed E-state index contributed by atoms with van der Waals surface area (Å²) in [6.45, 7) is 16.3. The van der Waals surface area contributed by atoms with Crippen LogP contribution in [0.1, 0.15) is 88.5 Å². The third-order valence-corrected chi connectivity index (χ3v) is 11.8. The Bertz CT molecular complexity index is 1190. The van der Waals surface area contributed by atoms with Crippen LogP contribution in [0.15, 0.2) is 5.16 Å². The van der Waals surface area contributed by atoms with E-state index in [1.807, 2.05) is 25.9 Å². The van der Waals surface area contributed by atoms with Crippen LogP contribution in [0.5, 0.6) is 0 Å². The molecule has 3 saturated heterocycles. The minimum absolute atomic E-state index is 0.0674. The lowest BCUT2D eigenvalue weighted by Gasteiger charge is -2.49. The molecule has 0 saturated carbocycles. The maximum atomic E-state index is 14.0. The van der Waals surface area contributed by atoms with Crippen LogP contribution >= 0.6 is 0 Å². The van der Waals surface area contributed by atoms with E-state index in [0.717, 1.165) is 0 Å². The van der Waals surface area contributed by atoms with E-state index in [1.54, 1.807) is 48.5 Å². The molecule has 3 aliphatic heterocycles. The van der Waals surface area contributed by atoms with Crippen LogP contribution in [0.3, 0.4) is 0 Å². The minimum atomic E-state index is -1.98. The average molecular weight is 735 g/mol. The summed E-state index contributed by atoms with van der Waals surface area (Å²) in [5, 5.41) is 71.3. The molecule has 18 atom stereocenters. The lowest BCUT2D eigenvalue weighted by Crippen LogP contribution is -2.61. The van der Waals surface area contributed by atoms with E-state index in [0.29, 0.717) is 6.42 Å². The Morgan fingerprint density at radius 2 is 1.49 bits per heavy atom. The first kappa shape index (κ1) is 43.9. The Morgan fingerprint density at radius 3 is 2.04 bits per heavy atom. The first-order valence-corrected chi connectivity index (χ1v) is 18.2. The molecule has 0 bridgehead atoms. The molecule has 0 amide bonds. The molecule has 0 unspecified atom stereocenters. The van der Waals surface area contributed by atoms with Gasteiger partial charge in [-0.25, -0.2) is 0 Å². The first-order valence-electron chi connectivity index (χ1n) is 18.2. The predicted molar refractivity (Wildman–Crippen MR) is 186 cm³/mol. The molecule has 0 radical (unpaired) electrons. The summed E-state index contributed by atoms with van der Waals surface area (Å²) in [6.07, 6.45) is -9.71. The number of carbonyl (C=O) groups excluding carboxylic acids is 1. The highest BCUT2D eigenvalue weighted by molar-refractivity contribution is 5.88. The SMILES string of the molecule is CO[C@]1(C)C[C@H](O[C@H]2[C@H](C)[C@@H](O[C@H]3O[C@H](C)C[C@H](N(C)C)[C@H]3O)[C@](C)(O)C[C@@H](C)/C(=N/O)[C@H](C)[C@@H](O)[C@](C)(O)[C@@H](C)OC(=O)[C@@H]2C)O[C@@H](C)[C@@H]1O. The minimum Gasteiger partial charge on any atom is -0.459 e. The molecule has 298 valence electrons. The quantitative estimate of drug-likeness (QED) is 0.130. The summed E-state index contributed by atoms with van der Waals surface area (Å²) < 4.78 is 37.0. The molecule has 15 heteroatoms. The molecule has 3 heterocycles. The van der Waals surface area contributed by atoms with Crippen LogP contribution in [0.25, 0.3) is 0 Å². The van der Waals surface area contributed by atoms with E-state index < -0.39 is 102 Å². The number of esters is 1. The van der Waals surface area contributed by atoms with E-state index in [9.17, 15) is 35.5 Å². The highest BCUT2D eigenvalue weighted by Gasteiger charge is 2.53. The van der Waals surface area contributed by atoms with Crippen molar-refractivity contribution in [3.8, 4) is 0 Å². The van der Waals surface area contributed by atoms with Gasteiger partial charge in [0.05, 0.1) is 53.4 Å². The third kappa shape index (κ3) is 9.42. The number of aliphatic hydroxyl groups excluding tert-OH is 3. The second-order valence-corrected chi connectivity index (χ2v) is 16.3. The van der Waals surface area contributed by atoms with Crippen LogP contribution < -0.4 is 0 Å². The number of methoxy groups -OCH3 is 1. The summed E-state index contributed by atoms with van der Waals surface area (Å²) in [6, 6.07) is -0.322. The summed E-state index contributed by atoms with van der Waals surface area (Å²) >= 11 is 0. The fourth-order valence-electron chi connectivity index (χ4n) is 8.20. The lowest BCUT2D eigenvalue weighted by molar-refractivity contribution is -0.317. The van der Waals surface area contributed by atoms with E-state index in [1.165, 1.54) is 21.0 Å². The zero-order valence-corrected chi connectivity index (χ0v) is 32.7. The molecule has 6 N–H and O–H groups in total. The van der Waals surface area contributed by atoms with Gasteiger partial charge in [0, 0.05) is 37.3 Å². The molecule has 0 aliphatic carbocycles. The van der Waals surface area contributed by atoms with Gasteiger partial charge in [0.1, 0.15) is 23.9 Å². The number of oxime groups is 1. The molecular weight excluding hydrogens is 668 g/mol. The number of likely N-dealkylation sites (N-methyl/N-ethyl adjacent to an activating group) is 1. The van der Waals surface area contributed by atoms with Crippen molar-refractivity contribution in [2.45, 2.75) is 173 Å². The van der Waals surface area contributed by atoms with E-state index in [2.05, 4.69) is 5.16 Å². The Balaban J connectivity index is 2.19. The average Bonchev–Trinajstić information content (AvgIpc) is 3.04. The Morgan fingerprint density at radius 1 is 0.882 bits per heavy atom. The fourth-order valence-corrected chi connectivity index (χ4v) is 8.20. The van der Waals surface area contributed by atoms with E-state index in [-0.39, 0.29) is 30.7 Å². The van der Waals surface area contributed by atoms with Crippen molar-refractivity contribution in [3.63, 3.8) is 0 Å². The van der Waals surface area contributed by atoms with Crippen LogP contribution in [0.4, 0.5) is 0 Å². The first-order chi connectivity index (χ1) is 23.4. The number of carbonyl (C=O) groups is 1. The van der Waals surface area contributed by atoms with Crippen molar-refractivity contribution in [2.24, 2.45) is 28.8 Å². The maximum absolute atomic E-state index is 14.0. The molecule has 0 aromatic heterocycles. The number of rotatable bonds is 6. The van der Waals surface area contributed by atoms with Crippen LogP contribution in [0.2, 0.25) is 0 Å². The molecule has 0 aromatic rings. The van der Waals surface area contributed by atoms with Gasteiger partial charge in [-0.3, -0.25) is 4.79 Å². The molecule has 0 aromatic carbocycles. The molecule has 51 heavy (non-hydrogen) atoms. The number of hydrogen-bond acceptors (Lipinski definition) is 15. The number of hydrogen-bond donors (Lipinski definition) is 6. The molecule has 15 nitrogen and oxygen atoms in total. The standard InChI is InChI=1S/C36H66N2O13/c1-17-15-34(8,43)31(51-33-27(39)24(38(11)12)14-18(2)47-33)20(4)28(50-25-16-35(9,46-13)30(41)22(6)48-25)21(5)32(42)49-23(7)36(10,44)29(40)19(3)26(17)37-45/h17-25,27-31,33,39-41,43-45H,14-16H2,1-13H3/b37-26-/t17-,18-,19+,20+,21-,22+,23-,24+,25+,27-,28+,29-,30+,31-,33-,34-,35-,36-/m1/s1. The summed E-state index contributed by atoms with van der Waals surface area (Å²) in [5.41, 5.74) is -4.69. The van der Waals surface area contributed by atoms with E-state index >= 15 is 0 Å². The van der Waals surface area contributed by atoms with Gasteiger partial charge in [0.25, 0.3) is 0 Å². The lowest BCUT2D eigenvalue weighted by atomic mass is 9.74. The third-order valence-electron chi connectivity index (χ3n) is 11.8. The van der Waals surface area contributed by atoms with Crippen LogP contribution in [0, 0.1) is 23.7 Å². The van der Waals surface area contributed by atoms with Crippen LogP contribution in [-0.2, 0) is 33.2 Å². The smallest absolute Gasteiger partial charge is 0.311 e. The van der Waals surface area contributed by atoms with Gasteiger partial charge < -0.3 is 64.1 Å². The molecule has 3 rings (SSSR count). The molecule has 3 fully saturated rings. The van der Waals surface area contributed by atoms with Crippen molar-refractivity contribution < 1.29 is 64.0 Å². The van der Waals surface area contributed by atoms with Gasteiger partial charge in [-0.05, 0) is 75.4 Å². The zero-order chi connectivity index (χ0) is 39.0. The van der Waals surface area contributed by atoms with Gasteiger partial charge in [0.2, 0.25) is 0 Å². The normalized spacial score (nSPS) is 50.5. The van der Waals surface area contributed by atoms with Crippen LogP contribution in [-0.4, -0.2) is 153 Å². The van der Waals surface area contributed by atoms with Crippen molar-refractivity contribution in [3.05, 3.63) is 0 Å². The summed E-state index contributed by atoms with van der Waals surface area (Å²) in [5.74, 6) is -4.26. The molecular formula is C36H66N2O13. The topological polar surface area (TPSA) is 209 Å². The van der Waals surface area contributed by atoms with E-state index in [4.69, 9.17) is 28.4 Å². The fraction of sp³-hybridized carbons (Fsp3) is 0.944. The number of nitrogens with zero attached hydrogens (tertiary/aromatic N) is 2. The number of ether oxygens (including phenoxy) is 6. The monoisotopic (exact) mass is 734 g/mol. The van der Waals surface area contributed by atoms with Crippen molar-refractivity contribution in [1.82, 2.24) is 4.90 Å². The van der Waals surface area contributed by atoms with Gasteiger partial charge in [-0.15, -0.1) is 0 Å². The highest BCUT2D eigenvalue weighted by Crippen LogP contribution is 2.40. The van der Waals surface area contributed by atoms with Crippen molar-refractivity contribution in [1.29, 1.82) is 0 Å².